The second-order valence-corrected chi connectivity index (χ2v) is 3.81. The molecule has 0 saturated heterocycles. The Balaban J connectivity index is 2.73. The Morgan fingerprint density at radius 3 is 2.81 bits per heavy atom. The molecule has 1 aromatic rings. The van der Waals surface area contributed by atoms with Crippen LogP contribution >= 0.6 is 15.9 Å². The fourth-order valence-corrected chi connectivity index (χ4v) is 1.50. The van der Waals surface area contributed by atoms with Crippen molar-refractivity contribution in [3.05, 3.63) is 28.5 Å². The fourth-order valence-electron chi connectivity index (χ4n) is 1.07. The number of amides is 1. The number of pyridine rings is 1. The molecule has 0 aromatic carbocycles. The molecule has 0 fully saturated rings. The Morgan fingerprint density at radius 2 is 2.25 bits per heavy atom. The van der Waals surface area contributed by atoms with E-state index in [0.29, 0.717) is 10.2 Å². The number of carbonyl (C=O) groups excluding carboxylic acids is 2. The predicted octanol–water partition coefficient (Wildman–Crippen LogP) is 1.14. The summed E-state index contributed by atoms with van der Waals surface area (Å²) in [7, 11) is 1.27. The third-order valence-corrected chi connectivity index (χ3v) is 2.54. The van der Waals surface area contributed by atoms with E-state index in [9.17, 15) is 9.59 Å². The summed E-state index contributed by atoms with van der Waals surface area (Å²) in [6, 6.07) is 2.56. The minimum atomic E-state index is -0.690. The van der Waals surface area contributed by atoms with Crippen molar-refractivity contribution in [2.75, 3.05) is 7.11 Å². The molecule has 0 aliphatic rings. The predicted molar refractivity (Wildman–Crippen MR) is 60.9 cm³/mol. The van der Waals surface area contributed by atoms with Crippen LogP contribution < -0.4 is 5.32 Å². The number of carbonyl (C=O) groups is 2. The molecule has 0 aliphatic carbocycles. The molecule has 0 saturated carbocycles. The summed E-state index contributed by atoms with van der Waals surface area (Å²) in [6.07, 6.45) is 1.56. The standard InChI is InChI=1S/C10H11BrN2O3/c1-6(10(15)16-2)13-9(14)7-4-3-5-12-8(7)11/h3-6H,1-2H3,(H,13,14)/t6-/m0/s1. The van der Waals surface area contributed by atoms with E-state index in [-0.39, 0.29) is 5.91 Å². The molecule has 0 unspecified atom stereocenters. The maximum absolute atomic E-state index is 11.7. The first-order chi connectivity index (χ1) is 7.56. The van der Waals surface area contributed by atoms with Gasteiger partial charge in [0.2, 0.25) is 0 Å². The summed E-state index contributed by atoms with van der Waals surface area (Å²) in [4.78, 5) is 26.7. The molecule has 0 bridgehead atoms. The van der Waals surface area contributed by atoms with Crippen molar-refractivity contribution in [1.82, 2.24) is 10.3 Å². The largest absolute Gasteiger partial charge is 0.467 e. The van der Waals surface area contributed by atoms with E-state index in [1.807, 2.05) is 0 Å². The van der Waals surface area contributed by atoms with Crippen molar-refractivity contribution in [2.24, 2.45) is 0 Å². The van der Waals surface area contributed by atoms with Gasteiger partial charge in [-0.05, 0) is 35.0 Å². The summed E-state index contributed by atoms with van der Waals surface area (Å²) >= 11 is 3.15. The molecule has 1 rings (SSSR count). The Labute approximate surface area is 101 Å². The minimum absolute atomic E-state index is 0.373. The van der Waals surface area contributed by atoms with Gasteiger partial charge in [-0.2, -0.15) is 0 Å². The van der Waals surface area contributed by atoms with Gasteiger partial charge in [0.1, 0.15) is 10.6 Å². The van der Waals surface area contributed by atoms with Gasteiger partial charge in [0, 0.05) is 6.20 Å². The highest BCUT2D eigenvalue weighted by molar-refractivity contribution is 9.10. The van der Waals surface area contributed by atoms with Crippen molar-refractivity contribution in [1.29, 1.82) is 0 Å². The Bertz CT molecular complexity index is 409. The summed E-state index contributed by atoms with van der Waals surface area (Å²) < 4.78 is 4.93. The Kier molecular flexibility index (Phi) is 4.42. The maximum atomic E-state index is 11.7. The van der Waals surface area contributed by atoms with Gasteiger partial charge in [0.15, 0.2) is 0 Å². The molecular formula is C10H11BrN2O3. The van der Waals surface area contributed by atoms with E-state index in [4.69, 9.17) is 0 Å². The average Bonchev–Trinajstić information content (AvgIpc) is 2.28. The van der Waals surface area contributed by atoms with Gasteiger partial charge in [0.05, 0.1) is 12.7 Å². The van der Waals surface area contributed by atoms with E-state index < -0.39 is 12.0 Å². The molecule has 1 amide bonds. The number of rotatable bonds is 3. The van der Waals surface area contributed by atoms with Crippen molar-refractivity contribution in [3.63, 3.8) is 0 Å². The van der Waals surface area contributed by atoms with Crippen LogP contribution in [0.5, 0.6) is 0 Å². The first-order valence-corrected chi connectivity index (χ1v) is 5.34. The molecule has 6 heteroatoms. The number of halogens is 1. The third-order valence-electron chi connectivity index (χ3n) is 1.91. The highest BCUT2D eigenvalue weighted by Crippen LogP contribution is 2.12. The number of hydrogen-bond donors (Lipinski definition) is 1. The summed E-state index contributed by atoms with van der Waals surface area (Å²) in [5.41, 5.74) is 0.373. The molecule has 1 atom stereocenters. The fraction of sp³-hybridized carbons (Fsp3) is 0.300. The number of methoxy groups -OCH3 is 1. The van der Waals surface area contributed by atoms with Crippen LogP contribution in [-0.2, 0) is 9.53 Å². The molecule has 86 valence electrons. The lowest BCUT2D eigenvalue weighted by molar-refractivity contribution is -0.142. The first-order valence-electron chi connectivity index (χ1n) is 4.55. The summed E-state index contributed by atoms with van der Waals surface area (Å²) in [6.45, 7) is 1.55. The zero-order chi connectivity index (χ0) is 12.1. The zero-order valence-electron chi connectivity index (χ0n) is 8.86. The van der Waals surface area contributed by atoms with Gasteiger partial charge < -0.3 is 10.1 Å². The summed E-state index contributed by atoms with van der Waals surface area (Å²) in [5.74, 6) is -0.869. The SMILES string of the molecule is COC(=O)[C@H](C)NC(=O)c1cccnc1Br. The first kappa shape index (κ1) is 12.6. The third kappa shape index (κ3) is 3.03. The Morgan fingerprint density at radius 1 is 1.56 bits per heavy atom. The van der Waals surface area contributed by atoms with Crippen LogP contribution in [0.3, 0.4) is 0 Å². The highest BCUT2D eigenvalue weighted by atomic mass is 79.9. The van der Waals surface area contributed by atoms with Crippen LogP contribution in [0, 0.1) is 0 Å². The monoisotopic (exact) mass is 286 g/mol. The van der Waals surface area contributed by atoms with Gasteiger partial charge >= 0.3 is 5.97 Å². The van der Waals surface area contributed by atoms with E-state index in [2.05, 4.69) is 31.0 Å². The number of hydrogen-bond acceptors (Lipinski definition) is 4. The van der Waals surface area contributed by atoms with Crippen LogP contribution in [-0.4, -0.2) is 30.0 Å². The minimum Gasteiger partial charge on any atom is -0.467 e. The maximum Gasteiger partial charge on any atom is 0.328 e. The molecule has 0 radical (unpaired) electrons. The van der Waals surface area contributed by atoms with Crippen molar-refractivity contribution in [2.45, 2.75) is 13.0 Å². The van der Waals surface area contributed by atoms with Gasteiger partial charge in [-0.3, -0.25) is 4.79 Å². The average molecular weight is 287 g/mol. The molecule has 1 heterocycles. The lowest BCUT2D eigenvalue weighted by atomic mass is 10.2. The van der Waals surface area contributed by atoms with Gasteiger partial charge in [-0.1, -0.05) is 0 Å². The van der Waals surface area contributed by atoms with Crippen molar-refractivity contribution < 1.29 is 14.3 Å². The molecular weight excluding hydrogens is 276 g/mol. The molecule has 0 aliphatic heterocycles. The number of nitrogens with one attached hydrogen (secondary N) is 1. The van der Waals surface area contributed by atoms with Crippen LogP contribution in [0.15, 0.2) is 22.9 Å². The highest BCUT2D eigenvalue weighted by Gasteiger charge is 2.18. The van der Waals surface area contributed by atoms with Crippen LogP contribution in [0.4, 0.5) is 0 Å². The van der Waals surface area contributed by atoms with Crippen LogP contribution in [0.2, 0.25) is 0 Å². The van der Waals surface area contributed by atoms with E-state index in [1.54, 1.807) is 25.3 Å². The van der Waals surface area contributed by atoms with Gasteiger partial charge in [-0.15, -0.1) is 0 Å². The lowest BCUT2D eigenvalue weighted by Gasteiger charge is -2.11. The Hall–Kier alpha value is -1.43. The topological polar surface area (TPSA) is 68.3 Å². The summed E-state index contributed by atoms with van der Waals surface area (Å²) in [5, 5.41) is 2.50. The van der Waals surface area contributed by atoms with Crippen LogP contribution in [0.1, 0.15) is 17.3 Å². The second-order valence-electron chi connectivity index (χ2n) is 3.06. The van der Waals surface area contributed by atoms with Gasteiger partial charge in [0.25, 0.3) is 5.91 Å². The molecule has 5 nitrogen and oxygen atoms in total. The van der Waals surface area contributed by atoms with Crippen LogP contribution in [0.25, 0.3) is 0 Å². The number of aromatic nitrogens is 1. The molecule has 16 heavy (non-hydrogen) atoms. The zero-order valence-corrected chi connectivity index (χ0v) is 10.4. The van der Waals surface area contributed by atoms with E-state index >= 15 is 0 Å². The second kappa shape index (κ2) is 5.60. The van der Waals surface area contributed by atoms with Crippen molar-refractivity contribution in [3.8, 4) is 0 Å². The number of esters is 1. The normalized spacial score (nSPS) is 11.7. The van der Waals surface area contributed by atoms with Crippen molar-refractivity contribution >= 4 is 27.8 Å². The van der Waals surface area contributed by atoms with E-state index in [1.165, 1.54) is 7.11 Å². The molecule has 0 spiro atoms. The van der Waals surface area contributed by atoms with Gasteiger partial charge in [-0.25, -0.2) is 9.78 Å². The molecule has 1 N–H and O–H groups in total. The quantitative estimate of drug-likeness (QED) is 0.668. The lowest BCUT2D eigenvalue weighted by Crippen LogP contribution is -2.39. The molecule has 1 aromatic heterocycles. The van der Waals surface area contributed by atoms with E-state index in [0.717, 1.165) is 0 Å². The smallest absolute Gasteiger partial charge is 0.328 e. The number of nitrogens with zero attached hydrogens (tertiary/aromatic N) is 1. The number of ether oxygens (including phenoxy) is 1.